The van der Waals surface area contributed by atoms with Gasteiger partial charge in [0.05, 0.1) is 20.1 Å². The summed E-state index contributed by atoms with van der Waals surface area (Å²) in [5.74, 6) is -0.848. The largest absolute Gasteiger partial charge is 0.468 e. The molecule has 1 aliphatic rings. The number of methoxy groups -OCH3 is 2. The third-order valence-electron chi connectivity index (χ3n) is 3.44. The molecule has 0 aliphatic carbocycles. The Hall–Kier alpha value is -2.16. The second kappa shape index (κ2) is 17.3. The van der Waals surface area contributed by atoms with E-state index in [4.69, 9.17) is 0 Å². The molecule has 2 atom stereocenters. The van der Waals surface area contributed by atoms with Crippen molar-refractivity contribution < 1.29 is 28.7 Å². The van der Waals surface area contributed by atoms with E-state index < -0.39 is 18.0 Å². The summed E-state index contributed by atoms with van der Waals surface area (Å²) in [5, 5.41) is 7.98. The normalized spacial score (nSPS) is 15.9. The molecule has 0 aromatic heterocycles. The van der Waals surface area contributed by atoms with E-state index in [0.29, 0.717) is 13.0 Å². The molecule has 0 radical (unpaired) electrons. The van der Waals surface area contributed by atoms with Crippen molar-refractivity contribution in [2.45, 2.75) is 46.6 Å². The number of carbonyl (C=O) groups excluding carboxylic acids is 4. The quantitative estimate of drug-likeness (QED) is 0.421. The first-order valence-corrected chi connectivity index (χ1v) is 9.11. The van der Waals surface area contributed by atoms with Crippen LogP contribution in [-0.2, 0) is 28.7 Å². The lowest BCUT2D eigenvalue weighted by Crippen LogP contribution is -2.40. The van der Waals surface area contributed by atoms with Crippen molar-refractivity contribution in [1.29, 1.82) is 0 Å². The van der Waals surface area contributed by atoms with Gasteiger partial charge in [-0.2, -0.15) is 0 Å². The lowest BCUT2D eigenvalue weighted by Gasteiger charge is -2.16. The molecule has 0 bridgehead atoms. The fourth-order valence-electron chi connectivity index (χ4n) is 1.99. The second-order valence-electron chi connectivity index (χ2n) is 6.22. The van der Waals surface area contributed by atoms with Gasteiger partial charge in [-0.05, 0) is 18.9 Å². The molecule has 1 aliphatic heterocycles. The van der Waals surface area contributed by atoms with Crippen LogP contribution in [0.4, 0.5) is 0 Å². The summed E-state index contributed by atoms with van der Waals surface area (Å²) in [6, 6.07) is -0.530. The molecular formula is C18H35N3O6. The van der Waals surface area contributed by atoms with Crippen molar-refractivity contribution >= 4 is 24.3 Å². The molecule has 158 valence electrons. The molecule has 2 amide bonds. The summed E-state index contributed by atoms with van der Waals surface area (Å²) < 4.78 is 8.86. The summed E-state index contributed by atoms with van der Waals surface area (Å²) in [7, 11) is 2.59. The number of esters is 2. The van der Waals surface area contributed by atoms with E-state index in [-0.39, 0.29) is 24.3 Å². The Balaban J connectivity index is 0. The van der Waals surface area contributed by atoms with Crippen molar-refractivity contribution in [1.82, 2.24) is 16.0 Å². The zero-order valence-electron chi connectivity index (χ0n) is 17.3. The van der Waals surface area contributed by atoms with Gasteiger partial charge in [0, 0.05) is 6.54 Å². The van der Waals surface area contributed by atoms with Crippen molar-refractivity contribution in [2.75, 3.05) is 33.9 Å². The Morgan fingerprint density at radius 2 is 1.78 bits per heavy atom. The summed E-state index contributed by atoms with van der Waals surface area (Å²) in [5.41, 5.74) is 0. The van der Waals surface area contributed by atoms with E-state index in [9.17, 15) is 19.2 Å². The number of amides is 2. The summed E-state index contributed by atoms with van der Waals surface area (Å²) in [6.45, 7) is 9.45. The Morgan fingerprint density at radius 1 is 1.19 bits per heavy atom. The molecule has 2 unspecified atom stereocenters. The van der Waals surface area contributed by atoms with Crippen LogP contribution in [-0.4, -0.2) is 64.2 Å². The fourth-order valence-corrected chi connectivity index (χ4v) is 1.99. The number of hydrogen-bond donors (Lipinski definition) is 3. The number of rotatable bonds is 7. The average molecular weight is 389 g/mol. The molecule has 0 aromatic carbocycles. The zero-order valence-corrected chi connectivity index (χ0v) is 17.3. The summed E-state index contributed by atoms with van der Waals surface area (Å²) in [6.07, 6.45) is 2.59. The third-order valence-corrected chi connectivity index (χ3v) is 3.44. The topological polar surface area (TPSA) is 123 Å². The zero-order chi connectivity index (χ0) is 21.2. The molecule has 0 spiro atoms. The van der Waals surface area contributed by atoms with Crippen LogP contribution in [0.25, 0.3) is 0 Å². The van der Waals surface area contributed by atoms with Crippen molar-refractivity contribution in [3.8, 4) is 0 Å². The highest BCUT2D eigenvalue weighted by molar-refractivity contribution is 5.83. The minimum atomic E-state index is -0.530. The van der Waals surface area contributed by atoms with Crippen LogP contribution in [0.5, 0.6) is 0 Å². The third kappa shape index (κ3) is 13.7. The second-order valence-corrected chi connectivity index (χ2v) is 6.22. The van der Waals surface area contributed by atoms with Crippen LogP contribution in [0.2, 0.25) is 0 Å². The SMILES string of the molecule is CCC.COC(=O)C(NC=O)C(C)C.COC(=O)CNC(=O)C1CCNC1. The molecule has 1 heterocycles. The standard InChI is InChI=1S/C8H14N2O3.C7H13NO3.C3H8/c1-13-7(11)5-10-8(12)6-2-3-9-4-6;1-5(2)6(8-4-9)7(10)11-3;1-3-2/h6,9H,2-5H2,1H3,(H,10,12);4-6H,1-3H3,(H,8,9);3H2,1-2H3. The van der Waals surface area contributed by atoms with Crippen molar-refractivity contribution in [3.05, 3.63) is 0 Å². The molecule has 1 fully saturated rings. The predicted octanol–water partition coefficient (Wildman–Crippen LogP) is 0.231. The fraction of sp³-hybridized carbons (Fsp3) is 0.778. The maximum Gasteiger partial charge on any atom is 0.328 e. The smallest absolute Gasteiger partial charge is 0.328 e. The summed E-state index contributed by atoms with van der Waals surface area (Å²) in [4.78, 5) is 42.9. The Labute approximate surface area is 161 Å². The van der Waals surface area contributed by atoms with E-state index in [0.717, 1.165) is 13.0 Å². The average Bonchev–Trinajstić information content (AvgIpc) is 3.19. The van der Waals surface area contributed by atoms with E-state index in [1.54, 1.807) is 0 Å². The Bertz CT molecular complexity index is 437. The van der Waals surface area contributed by atoms with E-state index in [2.05, 4.69) is 39.3 Å². The molecule has 3 N–H and O–H groups in total. The molecular weight excluding hydrogens is 354 g/mol. The van der Waals surface area contributed by atoms with E-state index in [1.807, 2.05) is 13.8 Å². The van der Waals surface area contributed by atoms with Crippen LogP contribution in [0.15, 0.2) is 0 Å². The molecule has 1 rings (SSSR count). The van der Waals surface area contributed by atoms with Gasteiger partial charge in [0.25, 0.3) is 0 Å². The monoisotopic (exact) mass is 389 g/mol. The first kappa shape index (κ1) is 27.1. The lowest BCUT2D eigenvalue weighted by atomic mass is 10.1. The lowest BCUT2D eigenvalue weighted by molar-refractivity contribution is -0.145. The minimum absolute atomic E-state index is 0.00431. The highest BCUT2D eigenvalue weighted by Crippen LogP contribution is 2.06. The van der Waals surface area contributed by atoms with Gasteiger partial charge < -0.3 is 25.4 Å². The maximum atomic E-state index is 11.3. The highest BCUT2D eigenvalue weighted by atomic mass is 16.5. The molecule has 0 saturated carbocycles. The van der Waals surface area contributed by atoms with Crippen molar-refractivity contribution in [3.63, 3.8) is 0 Å². The van der Waals surface area contributed by atoms with Crippen LogP contribution in [0.3, 0.4) is 0 Å². The Kier molecular flexibility index (Phi) is 17.3. The Morgan fingerprint density at radius 3 is 2.15 bits per heavy atom. The molecule has 9 heteroatoms. The van der Waals surface area contributed by atoms with E-state index >= 15 is 0 Å². The first-order chi connectivity index (χ1) is 12.8. The van der Waals surface area contributed by atoms with Crippen LogP contribution in [0, 0.1) is 11.8 Å². The minimum Gasteiger partial charge on any atom is -0.468 e. The van der Waals surface area contributed by atoms with Gasteiger partial charge in [-0.25, -0.2) is 4.79 Å². The van der Waals surface area contributed by atoms with Gasteiger partial charge in [-0.3, -0.25) is 14.4 Å². The predicted molar refractivity (Wildman–Crippen MR) is 102 cm³/mol. The number of nitrogens with one attached hydrogen (secondary N) is 3. The van der Waals surface area contributed by atoms with Gasteiger partial charge in [0.1, 0.15) is 12.6 Å². The van der Waals surface area contributed by atoms with Crippen LogP contribution >= 0.6 is 0 Å². The van der Waals surface area contributed by atoms with Crippen molar-refractivity contribution in [2.24, 2.45) is 11.8 Å². The van der Waals surface area contributed by atoms with Gasteiger partial charge in [-0.15, -0.1) is 0 Å². The van der Waals surface area contributed by atoms with E-state index in [1.165, 1.54) is 20.6 Å². The van der Waals surface area contributed by atoms with Crippen LogP contribution < -0.4 is 16.0 Å². The van der Waals surface area contributed by atoms with Gasteiger partial charge in [0.15, 0.2) is 0 Å². The molecule has 9 nitrogen and oxygen atoms in total. The van der Waals surface area contributed by atoms with Gasteiger partial charge in [-0.1, -0.05) is 34.1 Å². The first-order valence-electron chi connectivity index (χ1n) is 9.11. The molecule has 0 aromatic rings. The van der Waals surface area contributed by atoms with Gasteiger partial charge >= 0.3 is 11.9 Å². The highest BCUT2D eigenvalue weighted by Gasteiger charge is 2.22. The number of ether oxygens (including phenoxy) is 2. The molecule has 27 heavy (non-hydrogen) atoms. The maximum absolute atomic E-state index is 11.3. The van der Waals surface area contributed by atoms with Crippen LogP contribution in [0.1, 0.15) is 40.5 Å². The number of carbonyl (C=O) groups is 4. The van der Waals surface area contributed by atoms with Gasteiger partial charge in [0.2, 0.25) is 12.3 Å². The molecule has 1 saturated heterocycles. The number of hydrogen-bond acceptors (Lipinski definition) is 7. The summed E-state index contributed by atoms with van der Waals surface area (Å²) >= 11 is 0.